The van der Waals surface area contributed by atoms with Crippen LogP contribution < -0.4 is 0 Å². The molecule has 2 aliphatic heterocycles. The molecule has 0 aliphatic carbocycles. The summed E-state index contributed by atoms with van der Waals surface area (Å²) in [5.41, 5.74) is 0.397. The molecule has 2 heterocycles. The van der Waals surface area contributed by atoms with E-state index in [9.17, 15) is 19.2 Å². The van der Waals surface area contributed by atoms with Crippen LogP contribution in [0.2, 0.25) is 0 Å². The van der Waals surface area contributed by atoms with Crippen molar-refractivity contribution in [3.05, 3.63) is 35.4 Å². The van der Waals surface area contributed by atoms with E-state index >= 15 is 0 Å². The van der Waals surface area contributed by atoms with Crippen molar-refractivity contribution < 1.29 is 24.0 Å². The predicted octanol–water partition coefficient (Wildman–Crippen LogP) is 0.662. The zero-order valence-electron chi connectivity index (χ0n) is 11.6. The second kappa shape index (κ2) is 5.45. The Balaban J connectivity index is 1.77. The van der Waals surface area contributed by atoms with Crippen molar-refractivity contribution >= 4 is 35.5 Å². The van der Waals surface area contributed by atoms with Crippen molar-refractivity contribution in [1.29, 1.82) is 0 Å². The summed E-state index contributed by atoms with van der Waals surface area (Å²) in [7, 11) is 0. The number of thioether (sulfide) groups is 1. The lowest BCUT2D eigenvalue weighted by atomic mass is 10.1. The highest BCUT2D eigenvalue weighted by Crippen LogP contribution is 2.26. The fourth-order valence-corrected chi connectivity index (χ4v) is 3.55. The van der Waals surface area contributed by atoms with Crippen LogP contribution in [0.25, 0.3) is 0 Å². The SMILES string of the molecule is CC(=O)N1CSC[C@H]1C(=O)ON1C(=O)c2ccccc2C1=O. The van der Waals surface area contributed by atoms with Gasteiger partial charge in [0.15, 0.2) is 0 Å². The predicted molar refractivity (Wildman–Crippen MR) is 76.7 cm³/mol. The third-order valence-corrected chi connectivity index (χ3v) is 4.51. The maximum atomic E-state index is 12.2. The average molecular weight is 320 g/mol. The van der Waals surface area contributed by atoms with E-state index in [0.717, 1.165) is 0 Å². The first kappa shape index (κ1) is 14.6. The molecule has 3 amide bonds. The molecule has 0 saturated carbocycles. The van der Waals surface area contributed by atoms with Gasteiger partial charge >= 0.3 is 5.97 Å². The van der Waals surface area contributed by atoms with Crippen molar-refractivity contribution in [2.45, 2.75) is 13.0 Å². The highest BCUT2D eigenvalue weighted by Gasteiger charge is 2.42. The third-order valence-electron chi connectivity index (χ3n) is 3.50. The summed E-state index contributed by atoms with van der Waals surface area (Å²) in [4.78, 5) is 54.2. The Kier molecular flexibility index (Phi) is 3.61. The van der Waals surface area contributed by atoms with Crippen LogP contribution in [0, 0.1) is 0 Å². The van der Waals surface area contributed by atoms with Gasteiger partial charge in [-0.05, 0) is 12.1 Å². The second-order valence-electron chi connectivity index (χ2n) is 4.87. The molecule has 114 valence electrons. The van der Waals surface area contributed by atoms with Gasteiger partial charge in [-0.2, -0.15) is 0 Å². The molecule has 7 nitrogen and oxygen atoms in total. The number of rotatable bonds is 2. The van der Waals surface area contributed by atoms with E-state index in [1.807, 2.05) is 0 Å². The van der Waals surface area contributed by atoms with E-state index < -0.39 is 23.8 Å². The van der Waals surface area contributed by atoms with E-state index in [-0.39, 0.29) is 17.0 Å². The van der Waals surface area contributed by atoms with Gasteiger partial charge in [-0.15, -0.1) is 11.8 Å². The Bertz CT molecular complexity index is 655. The third kappa shape index (κ3) is 2.25. The molecule has 0 aromatic heterocycles. The molecular formula is C14H12N2O5S. The Hall–Kier alpha value is -2.35. The van der Waals surface area contributed by atoms with Crippen molar-refractivity contribution in [3.8, 4) is 0 Å². The number of amides is 3. The minimum Gasteiger partial charge on any atom is -0.327 e. The molecule has 1 saturated heterocycles. The zero-order valence-corrected chi connectivity index (χ0v) is 12.5. The van der Waals surface area contributed by atoms with E-state index in [1.165, 1.54) is 35.7 Å². The summed E-state index contributed by atoms with van der Waals surface area (Å²) in [6.07, 6.45) is 0. The summed E-state index contributed by atoms with van der Waals surface area (Å²) in [6.45, 7) is 1.36. The van der Waals surface area contributed by atoms with Gasteiger partial charge in [0.25, 0.3) is 11.8 Å². The molecule has 22 heavy (non-hydrogen) atoms. The van der Waals surface area contributed by atoms with Crippen molar-refractivity contribution in [2.24, 2.45) is 0 Å². The van der Waals surface area contributed by atoms with Gasteiger partial charge in [0.1, 0.15) is 6.04 Å². The highest BCUT2D eigenvalue weighted by atomic mass is 32.2. The highest BCUT2D eigenvalue weighted by molar-refractivity contribution is 7.99. The quantitative estimate of drug-likeness (QED) is 0.745. The summed E-state index contributed by atoms with van der Waals surface area (Å²) >= 11 is 1.41. The number of hydroxylamine groups is 2. The first-order chi connectivity index (χ1) is 10.5. The van der Waals surface area contributed by atoms with Gasteiger partial charge in [-0.3, -0.25) is 14.4 Å². The smallest absolute Gasteiger partial charge is 0.327 e. The number of imide groups is 1. The molecule has 0 bridgehead atoms. The topological polar surface area (TPSA) is 84.0 Å². The second-order valence-corrected chi connectivity index (χ2v) is 5.86. The number of hydrogen-bond acceptors (Lipinski definition) is 6. The Morgan fingerprint density at radius 2 is 1.77 bits per heavy atom. The number of nitrogens with zero attached hydrogens (tertiary/aromatic N) is 2. The van der Waals surface area contributed by atoms with Crippen LogP contribution in [0.3, 0.4) is 0 Å². The molecule has 3 rings (SSSR count). The summed E-state index contributed by atoms with van der Waals surface area (Å²) < 4.78 is 0. The molecule has 8 heteroatoms. The lowest BCUT2D eigenvalue weighted by molar-refractivity contribution is -0.174. The van der Waals surface area contributed by atoms with Gasteiger partial charge in [-0.1, -0.05) is 17.2 Å². The molecule has 1 aromatic carbocycles. The summed E-state index contributed by atoms with van der Waals surface area (Å²) in [5.74, 6) is -1.62. The van der Waals surface area contributed by atoms with E-state index in [4.69, 9.17) is 4.84 Å². The van der Waals surface area contributed by atoms with Gasteiger partial charge in [0.05, 0.1) is 17.0 Å². The minimum absolute atomic E-state index is 0.199. The van der Waals surface area contributed by atoms with Gasteiger partial charge in [0.2, 0.25) is 5.91 Å². The van der Waals surface area contributed by atoms with Crippen LogP contribution in [-0.2, 0) is 14.4 Å². The van der Waals surface area contributed by atoms with Crippen molar-refractivity contribution in [1.82, 2.24) is 9.96 Å². The van der Waals surface area contributed by atoms with Crippen LogP contribution in [0.4, 0.5) is 0 Å². The molecule has 1 aromatic rings. The lowest BCUT2D eigenvalue weighted by Crippen LogP contribution is -2.45. The number of fused-ring (bicyclic) bond motifs is 1. The Morgan fingerprint density at radius 1 is 1.18 bits per heavy atom. The molecule has 0 radical (unpaired) electrons. The maximum Gasteiger partial charge on any atom is 0.356 e. The fraction of sp³-hybridized carbons (Fsp3) is 0.286. The van der Waals surface area contributed by atoms with Crippen LogP contribution in [-0.4, -0.2) is 51.3 Å². The number of hydrogen-bond donors (Lipinski definition) is 0. The molecule has 0 spiro atoms. The van der Waals surface area contributed by atoms with Gasteiger partial charge in [0, 0.05) is 12.7 Å². The van der Waals surface area contributed by atoms with Crippen molar-refractivity contribution in [2.75, 3.05) is 11.6 Å². The van der Waals surface area contributed by atoms with E-state index in [0.29, 0.717) is 16.7 Å². The monoisotopic (exact) mass is 320 g/mol. The van der Waals surface area contributed by atoms with Crippen LogP contribution in [0.15, 0.2) is 24.3 Å². The van der Waals surface area contributed by atoms with E-state index in [1.54, 1.807) is 12.1 Å². The fourth-order valence-electron chi connectivity index (χ4n) is 2.35. The standard InChI is InChI=1S/C14H12N2O5S/c1-8(17)15-7-22-6-11(15)14(20)21-16-12(18)9-4-2-3-5-10(9)13(16)19/h2-5,11H,6-7H2,1H3/t11-/m0/s1. The average Bonchev–Trinajstić information content (AvgIpc) is 3.08. The van der Waals surface area contributed by atoms with Gasteiger partial charge in [-0.25, -0.2) is 4.79 Å². The summed E-state index contributed by atoms with van der Waals surface area (Å²) in [6, 6.07) is 5.46. The zero-order chi connectivity index (χ0) is 15.9. The first-order valence-electron chi connectivity index (χ1n) is 6.55. The Morgan fingerprint density at radius 3 is 2.32 bits per heavy atom. The first-order valence-corrected chi connectivity index (χ1v) is 7.70. The van der Waals surface area contributed by atoms with Crippen LogP contribution >= 0.6 is 11.8 Å². The molecule has 1 atom stereocenters. The molecule has 2 aliphatic rings. The molecule has 1 fully saturated rings. The van der Waals surface area contributed by atoms with Gasteiger partial charge < -0.3 is 9.74 Å². The molecule has 0 N–H and O–H groups in total. The van der Waals surface area contributed by atoms with Crippen molar-refractivity contribution in [3.63, 3.8) is 0 Å². The number of benzene rings is 1. The number of carbonyl (C=O) groups is 4. The Labute approximate surface area is 130 Å². The van der Waals surface area contributed by atoms with Crippen LogP contribution in [0.5, 0.6) is 0 Å². The molecule has 0 unspecified atom stereocenters. The minimum atomic E-state index is -0.785. The normalized spacial score (nSPS) is 20.3. The molecular weight excluding hydrogens is 308 g/mol. The maximum absolute atomic E-state index is 12.2. The van der Waals surface area contributed by atoms with Crippen LogP contribution in [0.1, 0.15) is 27.6 Å². The largest absolute Gasteiger partial charge is 0.356 e. The number of carbonyl (C=O) groups excluding carboxylic acids is 4. The van der Waals surface area contributed by atoms with E-state index in [2.05, 4.69) is 0 Å². The lowest BCUT2D eigenvalue weighted by Gasteiger charge is -2.22. The summed E-state index contributed by atoms with van der Waals surface area (Å²) in [5, 5.41) is 0.467.